The minimum absolute atomic E-state index is 0.798. The van der Waals surface area contributed by atoms with Crippen molar-refractivity contribution in [3.8, 4) is 0 Å². The van der Waals surface area contributed by atoms with Gasteiger partial charge in [-0.3, -0.25) is 0 Å². The maximum absolute atomic E-state index is 11.6. The molecule has 0 saturated carbocycles. The van der Waals surface area contributed by atoms with Crippen LogP contribution in [0.2, 0.25) is 0 Å². The third-order valence-electron chi connectivity index (χ3n) is 1.45. The Morgan fingerprint density at radius 1 is 1.38 bits per heavy atom. The molecule has 0 aromatic heterocycles. The van der Waals surface area contributed by atoms with Crippen molar-refractivity contribution in [1.29, 1.82) is 0 Å². The first-order valence-electron chi connectivity index (χ1n) is 4.15. The Morgan fingerprint density at radius 2 is 2.00 bits per heavy atom. The van der Waals surface area contributed by atoms with Crippen LogP contribution in [0.15, 0.2) is 23.9 Å². The van der Waals surface area contributed by atoms with Crippen LogP contribution in [0.5, 0.6) is 0 Å². The first-order valence-corrected chi connectivity index (χ1v) is 4.15. The molecule has 0 amide bonds. The molecule has 0 aliphatic carbocycles. The fourth-order valence-electron chi connectivity index (χ4n) is 0.856. The maximum atomic E-state index is 11.6. The van der Waals surface area contributed by atoms with Crippen LogP contribution in [0.3, 0.4) is 0 Å². The van der Waals surface area contributed by atoms with E-state index in [0.29, 0.717) is 0 Å². The summed E-state index contributed by atoms with van der Waals surface area (Å²) in [6, 6.07) is 0. The van der Waals surface area contributed by atoms with Crippen molar-refractivity contribution in [2.45, 2.75) is 33.0 Å². The highest BCUT2D eigenvalue weighted by atomic mass is 19.4. The lowest BCUT2D eigenvalue weighted by Crippen LogP contribution is -2.25. The van der Waals surface area contributed by atoms with Gasteiger partial charge in [0.25, 0.3) is 0 Å². The minimum atomic E-state index is -4.33. The molecule has 0 aliphatic heterocycles. The van der Waals surface area contributed by atoms with Crippen LogP contribution < -0.4 is 5.32 Å². The third kappa shape index (κ3) is 7.43. The van der Waals surface area contributed by atoms with E-state index >= 15 is 0 Å². The van der Waals surface area contributed by atoms with Gasteiger partial charge in [-0.25, -0.2) is 0 Å². The fraction of sp³-hybridized carbons (Fsp3) is 0.556. The van der Waals surface area contributed by atoms with Crippen molar-refractivity contribution < 1.29 is 13.2 Å². The predicted octanol–water partition coefficient (Wildman–Crippen LogP) is 3.36. The smallest absolute Gasteiger partial charge is 0.304 e. The Hall–Kier alpha value is -0.930. The zero-order valence-corrected chi connectivity index (χ0v) is 7.78. The van der Waals surface area contributed by atoms with E-state index in [1.165, 1.54) is 11.4 Å². The summed E-state index contributed by atoms with van der Waals surface area (Å²) in [6.45, 7) is 3.79. The van der Waals surface area contributed by atoms with Crippen molar-refractivity contribution in [3.63, 3.8) is 0 Å². The summed E-state index contributed by atoms with van der Waals surface area (Å²) in [5, 5.41) is 1.32. The number of rotatable bonds is 4. The molecule has 0 rings (SSSR count). The van der Waals surface area contributed by atoms with E-state index < -0.39 is 6.30 Å². The normalized spacial score (nSPS) is 13.8. The van der Waals surface area contributed by atoms with Gasteiger partial charge in [-0.15, -0.1) is 0 Å². The van der Waals surface area contributed by atoms with Crippen LogP contribution in [0.25, 0.3) is 0 Å². The lowest BCUT2D eigenvalue weighted by molar-refractivity contribution is -0.146. The summed E-state index contributed by atoms with van der Waals surface area (Å²) in [6.07, 6.45) is 1.56. The molecule has 1 N–H and O–H groups in total. The van der Waals surface area contributed by atoms with Gasteiger partial charge in [0.1, 0.15) is 0 Å². The van der Waals surface area contributed by atoms with Gasteiger partial charge in [0.05, 0.1) is 0 Å². The lowest BCUT2D eigenvalue weighted by Gasteiger charge is -2.04. The van der Waals surface area contributed by atoms with Crippen LogP contribution in [-0.4, -0.2) is 6.30 Å². The summed E-state index contributed by atoms with van der Waals surface area (Å²) < 4.78 is 34.8. The summed E-state index contributed by atoms with van der Waals surface area (Å²) in [7, 11) is 0. The molecule has 0 atom stereocenters. The molecule has 0 saturated heterocycles. The molecule has 13 heavy (non-hydrogen) atoms. The standard InChI is InChI=1S/C9H14F3N/c1-3-5-8(4-2)6-7-13-9(10,11)12/h4,6-7,13H,3,5H2,1-2H3/b7-6-,8-4-. The molecule has 4 heteroatoms. The Labute approximate surface area is 76.3 Å². The second kappa shape index (κ2) is 5.67. The molecule has 0 radical (unpaired) electrons. The van der Waals surface area contributed by atoms with E-state index in [4.69, 9.17) is 0 Å². The van der Waals surface area contributed by atoms with Crippen molar-refractivity contribution in [1.82, 2.24) is 5.32 Å². The molecule has 76 valence electrons. The van der Waals surface area contributed by atoms with E-state index in [-0.39, 0.29) is 0 Å². The topological polar surface area (TPSA) is 12.0 Å². The van der Waals surface area contributed by atoms with Gasteiger partial charge >= 0.3 is 6.30 Å². The highest BCUT2D eigenvalue weighted by Crippen LogP contribution is 2.10. The van der Waals surface area contributed by atoms with Crippen molar-refractivity contribution in [2.24, 2.45) is 0 Å². The number of nitrogens with one attached hydrogen (secondary N) is 1. The number of hydrogen-bond acceptors (Lipinski definition) is 1. The Morgan fingerprint density at radius 3 is 2.38 bits per heavy atom. The number of allylic oxidation sites excluding steroid dienone is 3. The molecular weight excluding hydrogens is 179 g/mol. The van der Waals surface area contributed by atoms with Gasteiger partial charge in [-0.2, -0.15) is 13.2 Å². The molecular formula is C9H14F3N. The van der Waals surface area contributed by atoms with Crippen LogP contribution in [0.1, 0.15) is 26.7 Å². The van der Waals surface area contributed by atoms with Crippen molar-refractivity contribution >= 4 is 0 Å². The van der Waals surface area contributed by atoms with Crippen molar-refractivity contribution in [3.05, 3.63) is 23.9 Å². The molecule has 0 aromatic carbocycles. The first kappa shape index (κ1) is 12.1. The van der Waals surface area contributed by atoms with E-state index in [0.717, 1.165) is 24.6 Å². The number of hydrogen-bond donors (Lipinski definition) is 1. The van der Waals surface area contributed by atoms with Crippen LogP contribution in [0.4, 0.5) is 13.2 Å². The maximum Gasteiger partial charge on any atom is 0.481 e. The molecule has 0 aromatic rings. The highest BCUT2D eigenvalue weighted by molar-refractivity contribution is 5.17. The molecule has 0 unspecified atom stereocenters. The van der Waals surface area contributed by atoms with Gasteiger partial charge < -0.3 is 5.32 Å². The Kier molecular flexibility index (Phi) is 5.26. The fourth-order valence-corrected chi connectivity index (χ4v) is 0.856. The Bertz CT molecular complexity index is 192. The molecule has 0 fully saturated rings. The number of halogens is 3. The lowest BCUT2D eigenvalue weighted by atomic mass is 10.1. The largest absolute Gasteiger partial charge is 0.481 e. The van der Waals surface area contributed by atoms with E-state index in [9.17, 15) is 13.2 Å². The Balaban J connectivity index is 3.95. The van der Waals surface area contributed by atoms with Crippen LogP contribution in [0, 0.1) is 0 Å². The minimum Gasteiger partial charge on any atom is -0.304 e. The summed E-state index contributed by atoms with van der Waals surface area (Å²) in [5.41, 5.74) is 0.902. The van der Waals surface area contributed by atoms with Gasteiger partial charge in [0, 0.05) is 6.20 Å². The van der Waals surface area contributed by atoms with Gasteiger partial charge in [-0.1, -0.05) is 25.0 Å². The SMILES string of the molecule is C/C=C(\C=C/NC(F)(F)F)CCC. The van der Waals surface area contributed by atoms with Crippen molar-refractivity contribution in [2.75, 3.05) is 0 Å². The van der Waals surface area contributed by atoms with E-state index in [2.05, 4.69) is 0 Å². The second-order valence-corrected chi connectivity index (χ2v) is 2.59. The average molecular weight is 193 g/mol. The number of alkyl halides is 3. The van der Waals surface area contributed by atoms with Crippen LogP contribution in [-0.2, 0) is 0 Å². The van der Waals surface area contributed by atoms with Gasteiger partial charge in [0.2, 0.25) is 0 Å². The first-order chi connectivity index (χ1) is 5.99. The molecule has 0 bridgehead atoms. The summed E-state index contributed by atoms with van der Waals surface area (Å²) in [4.78, 5) is 0. The zero-order chi connectivity index (χ0) is 10.3. The quantitative estimate of drug-likeness (QED) is 0.533. The van der Waals surface area contributed by atoms with E-state index in [1.54, 1.807) is 6.08 Å². The average Bonchev–Trinajstić information content (AvgIpc) is 2.01. The second-order valence-electron chi connectivity index (χ2n) is 2.59. The van der Waals surface area contributed by atoms with Gasteiger partial charge in [-0.05, 0) is 19.4 Å². The van der Waals surface area contributed by atoms with Gasteiger partial charge in [0.15, 0.2) is 0 Å². The molecule has 0 spiro atoms. The predicted molar refractivity (Wildman–Crippen MR) is 47.0 cm³/mol. The third-order valence-corrected chi connectivity index (χ3v) is 1.45. The van der Waals surface area contributed by atoms with Crippen LogP contribution >= 0.6 is 0 Å². The zero-order valence-electron chi connectivity index (χ0n) is 7.78. The monoisotopic (exact) mass is 193 g/mol. The molecule has 0 aliphatic rings. The molecule has 0 heterocycles. The van der Waals surface area contributed by atoms with E-state index in [1.807, 2.05) is 13.8 Å². The summed E-state index contributed by atoms with van der Waals surface area (Å²) in [5.74, 6) is 0. The highest BCUT2D eigenvalue weighted by Gasteiger charge is 2.24. The summed E-state index contributed by atoms with van der Waals surface area (Å²) >= 11 is 0. The molecule has 1 nitrogen and oxygen atoms in total.